The van der Waals surface area contributed by atoms with Crippen molar-refractivity contribution in [2.45, 2.75) is 31.5 Å². The summed E-state index contributed by atoms with van der Waals surface area (Å²) in [5.41, 5.74) is 0.516. The third kappa shape index (κ3) is 2.42. The Balaban J connectivity index is 1.92. The van der Waals surface area contributed by atoms with E-state index < -0.39 is 17.8 Å². The molecule has 106 valence electrons. The molecule has 0 radical (unpaired) electrons. The molecule has 1 saturated carbocycles. The van der Waals surface area contributed by atoms with Crippen molar-refractivity contribution in [3.05, 3.63) is 29.8 Å². The predicted molar refractivity (Wildman–Crippen MR) is 68.6 cm³/mol. The van der Waals surface area contributed by atoms with E-state index in [4.69, 9.17) is 0 Å². The van der Waals surface area contributed by atoms with Gasteiger partial charge in [-0.2, -0.15) is 18.3 Å². The van der Waals surface area contributed by atoms with Gasteiger partial charge in [0.25, 0.3) is 0 Å². The van der Waals surface area contributed by atoms with Gasteiger partial charge in [0, 0.05) is 12.1 Å². The molecule has 0 bridgehead atoms. The highest BCUT2D eigenvalue weighted by molar-refractivity contribution is 5.95. The number of hydrazone groups is 1. The van der Waals surface area contributed by atoms with Crippen molar-refractivity contribution < 1.29 is 18.0 Å². The molecule has 0 aromatic heterocycles. The summed E-state index contributed by atoms with van der Waals surface area (Å²) in [6.45, 7) is 0. The number of alkyl halides is 3. The van der Waals surface area contributed by atoms with Crippen LogP contribution in [0.5, 0.6) is 0 Å². The lowest BCUT2D eigenvalue weighted by Crippen LogP contribution is -2.27. The lowest BCUT2D eigenvalue weighted by atomic mass is 10.1. The number of anilines is 1. The van der Waals surface area contributed by atoms with Crippen LogP contribution in [0.3, 0.4) is 0 Å². The van der Waals surface area contributed by atoms with Gasteiger partial charge in [-0.15, -0.1) is 0 Å². The highest BCUT2D eigenvalue weighted by Crippen LogP contribution is 2.38. The van der Waals surface area contributed by atoms with Gasteiger partial charge >= 0.3 is 6.18 Å². The fourth-order valence-corrected chi connectivity index (χ4v) is 2.40. The second-order valence-electron chi connectivity index (χ2n) is 5.17. The van der Waals surface area contributed by atoms with Crippen molar-refractivity contribution in [2.24, 2.45) is 11.0 Å². The molecule has 0 N–H and O–H groups in total. The van der Waals surface area contributed by atoms with Crippen LogP contribution in [-0.4, -0.2) is 18.0 Å². The summed E-state index contributed by atoms with van der Waals surface area (Å²) < 4.78 is 38.2. The monoisotopic (exact) mass is 282 g/mol. The summed E-state index contributed by atoms with van der Waals surface area (Å²) in [6, 6.07) is 4.45. The smallest absolute Gasteiger partial charge is 0.301 e. The van der Waals surface area contributed by atoms with E-state index in [0.29, 0.717) is 18.0 Å². The van der Waals surface area contributed by atoms with Gasteiger partial charge in [-0.3, -0.25) is 5.01 Å². The number of benzene rings is 1. The molecule has 1 aromatic carbocycles. The SMILES string of the molecule is O=CC1CC(C2CC2)=NN1c1cccc(C(F)(F)F)c1. The molecular weight excluding hydrogens is 269 g/mol. The molecular formula is C14H13F3N2O. The summed E-state index contributed by atoms with van der Waals surface area (Å²) in [5, 5.41) is 5.76. The standard InChI is InChI=1S/C14H13F3N2O/c15-14(16,17)10-2-1-3-11(6-10)19-12(8-20)7-13(18-19)9-4-5-9/h1-3,6,8-9,12H,4-5,7H2. The van der Waals surface area contributed by atoms with Crippen LogP contribution in [0, 0.1) is 5.92 Å². The van der Waals surface area contributed by atoms with E-state index in [2.05, 4.69) is 5.10 Å². The van der Waals surface area contributed by atoms with Crippen LogP contribution in [0.25, 0.3) is 0 Å². The molecule has 20 heavy (non-hydrogen) atoms. The third-order valence-electron chi connectivity index (χ3n) is 3.61. The minimum Gasteiger partial charge on any atom is -0.301 e. The summed E-state index contributed by atoms with van der Waals surface area (Å²) in [6.07, 6.45) is -1.01. The maximum atomic E-state index is 12.7. The molecule has 1 aliphatic carbocycles. The Hall–Kier alpha value is -1.85. The molecule has 1 fully saturated rings. The number of carbonyl (C=O) groups excluding carboxylic acids is 1. The van der Waals surface area contributed by atoms with Crippen molar-refractivity contribution >= 4 is 17.7 Å². The fourth-order valence-electron chi connectivity index (χ4n) is 2.40. The van der Waals surface area contributed by atoms with Crippen LogP contribution in [0.2, 0.25) is 0 Å². The summed E-state index contributed by atoms with van der Waals surface area (Å²) >= 11 is 0. The van der Waals surface area contributed by atoms with Crippen molar-refractivity contribution in [2.75, 3.05) is 5.01 Å². The molecule has 0 amide bonds. The lowest BCUT2D eigenvalue weighted by molar-refractivity contribution is -0.137. The first-order valence-electron chi connectivity index (χ1n) is 6.48. The molecule has 2 aliphatic rings. The number of carbonyl (C=O) groups is 1. The quantitative estimate of drug-likeness (QED) is 0.797. The molecule has 1 aromatic rings. The van der Waals surface area contributed by atoms with Gasteiger partial charge in [-0.25, -0.2) is 0 Å². The molecule has 3 nitrogen and oxygen atoms in total. The Morgan fingerprint density at radius 3 is 2.65 bits per heavy atom. The zero-order valence-electron chi connectivity index (χ0n) is 10.6. The van der Waals surface area contributed by atoms with Crippen molar-refractivity contribution in [3.63, 3.8) is 0 Å². The zero-order chi connectivity index (χ0) is 14.3. The average molecular weight is 282 g/mol. The molecule has 0 spiro atoms. The van der Waals surface area contributed by atoms with Crippen LogP contribution < -0.4 is 5.01 Å². The van der Waals surface area contributed by atoms with E-state index in [1.807, 2.05) is 0 Å². The average Bonchev–Trinajstić information content (AvgIpc) is 3.17. The summed E-state index contributed by atoms with van der Waals surface area (Å²) in [4.78, 5) is 11.1. The molecule has 1 heterocycles. The molecule has 1 atom stereocenters. The highest BCUT2D eigenvalue weighted by atomic mass is 19.4. The van der Waals surface area contributed by atoms with E-state index in [0.717, 1.165) is 37.0 Å². The van der Waals surface area contributed by atoms with E-state index in [1.54, 1.807) is 6.07 Å². The van der Waals surface area contributed by atoms with E-state index in [9.17, 15) is 18.0 Å². The molecule has 1 aliphatic heterocycles. The number of hydrogen-bond donors (Lipinski definition) is 0. The topological polar surface area (TPSA) is 32.7 Å². The highest BCUT2D eigenvalue weighted by Gasteiger charge is 2.37. The minimum absolute atomic E-state index is 0.313. The Labute approximate surface area is 114 Å². The first kappa shape index (κ1) is 13.1. The first-order valence-corrected chi connectivity index (χ1v) is 6.48. The predicted octanol–water partition coefficient (Wildman–Crippen LogP) is 3.25. The lowest BCUT2D eigenvalue weighted by Gasteiger charge is -2.20. The maximum absolute atomic E-state index is 12.7. The van der Waals surface area contributed by atoms with Gasteiger partial charge in [0.05, 0.1) is 11.3 Å². The van der Waals surface area contributed by atoms with Crippen LogP contribution in [-0.2, 0) is 11.0 Å². The molecule has 3 rings (SSSR count). The van der Waals surface area contributed by atoms with Crippen molar-refractivity contribution in [1.29, 1.82) is 0 Å². The largest absolute Gasteiger partial charge is 0.416 e. The Kier molecular flexibility index (Phi) is 3.03. The van der Waals surface area contributed by atoms with Crippen LogP contribution in [0.4, 0.5) is 18.9 Å². The Morgan fingerprint density at radius 1 is 1.30 bits per heavy atom. The third-order valence-corrected chi connectivity index (χ3v) is 3.61. The van der Waals surface area contributed by atoms with E-state index in [1.165, 1.54) is 11.1 Å². The maximum Gasteiger partial charge on any atom is 0.416 e. The number of aldehydes is 1. The number of nitrogens with zero attached hydrogens (tertiary/aromatic N) is 2. The second-order valence-corrected chi connectivity index (χ2v) is 5.17. The molecule has 0 saturated heterocycles. The Bertz CT molecular complexity index is 564. The molecule has 6 heteroatoms. The Morgan fingerprint density at radius 2 is 2.05 bits per heavy atom. The van der Waals surface area contributed by atoms with Gasteiger partial charge in [-0.1, -0.05) is 6.07 Å². The fraction of sp³-hybridized carbons (Fsp3) is 0.429. The normalized spacial score (nSPS) is 22.9. The van der Waals surface area contributed by atoms with Gasteiger partial charge in [0.1, 0.15) is 12.3 Å². The number of rotatable bonds is 3. The van der Waals surface area contributed by atoms with Gasteiger partial charge < -0.3 is 4.79 Å². The second kappa shape index (κ2) is 4.61. The van der Waals surface area contributed by atoms with Crippen LogP contribution in [0.1, 0.15) is 24.8 Å². The van der Waals surface area contributed by atoms with Gasteiger partial charge in [0.2, 0.25) is 0 Å². The van der Waals surface area contributed by atoms with Crippen molar-refractivity contribution in [3.8, 4) is 0 Å². The summed E-state index contributed by atoms with van der Waals surface area (Å²) in [7, 11) is 0. The van der Waals surface area contributed by atoms with Gasteiger partial charge in [-0.05, 0) is 37.0 Å². The van der Waals surface area contributed by atoms with Gasteiger partial charge in [0.15, 0.2) is 0 Å². The van der Waals surface area contributed by atoms with Crippen molar-refractivity contribution in [1.82, 2.24) is 0 Å². The van der Waals surface area contributed by atoms with Crippen LogP contribution >= 0.6 is 0 Å². The first-order chi connectivity index (χ1) is 9.49. The van der Waals surface area contributed by atoms with E-state index in [-0.39, 0.29) is 0 Å². The summed E-state index contributed by atoms with van der Waals surface area (Å²) in [5.74, 6) is 0.410. The molecule has 1 unspecified atom stereocenters. The minimum atomic E-state index is -4.39. The zero-order valence-corrected chi connectivity index (χ0v) is 10.6. The number of halogens is 3. The number of hydrogen-bond acceptors (Lipinski definition) is 3. The van der Waals surface area contributed by atoms with Crippen LogP contribution in [0.15, 0.2) is 29.4 Å². The van der Waals surface area contributed by atoms with E-state index >= 15 is 0 Å².